The minimum absolute atomic E-state index is 0.0373. The number of benzene rings is 2. The number of carbonyl (C=O) groups excluding carboxylic acids is 3. The Balaban J connectivity index is 1.36. The van der Waals surface area contributed by atoms with Crippen LogP contribution in [0.1, 0.15) is 28.6 Å². The second-order valence-electron chi connectivity index (χ2n) is 9.12. The molecule has 2 aromatic carbocycles. The van der Waals surface area contributed by atoms with Crippen LogP contribution in [-0.4, -0.2) is 70.0 Å². The van der Waals surface area contributed by atoms with Gasteiger partial charge in [-0.1, -0.05) is 18.2 Å². The van der Waals surface area contributed by atoms with Crippen LogP contribution in [0.5, 0.6) is 11.5 Å². The second kappa shape index (κ2) is 10.8. The van der Waals surface area contributed by atoms with Crippen molar-refractivity contribution in [3.8, 4) is 17.2 Å². The summed E-state index contributed by atoms with van der Waals surface area (Å²) < 4.78 is 7.46. The number of rotatable bonds is 7. The lowest BCUT2D eigenvalue weighted by Crippen LogP contribution is -2.50. The molecule has 5 N–H and O–H groups in total. The third-order valence-corrected chi connectivity index (χ3v) is 6.70. The van der Waals surface area contributed by atoms with E-state index in [9.17, 15) is 14.4 Å². The molecule has 0 unspecified atom stereocenters. The number of nitrogens with zero attached hydrogens (tertiary/aromatic N) is 4. The Labute approximate surface area is 219 Å². The third-order valence-electron chi connectivity index (χ3n) is 6.70. The van der Waals surface area contributed by atoms with E-state index in [1.54, 1.807) is 9.58 Å². The van der Waals surface area contributed by atoms with E-state index in [0.717, 1.165) is 23.9 Å². The Hall–Kier alpha value is -4.64. The van der Waals surface area contributed by atoms with Crippen molar-refractivity contribution in [1.29, 1.82) is 0 Å². The van der Waals surface area contributed by atoms with Crippen LogP contribution in [0.2, 0.25) is 0 Å². The van der Waals surface area contributed by atoms with Crippen molar-refractivity contribution in [2.24, 2.45) is 11.5 Å². The predicted octanol–water partition coefficient (Wildman–Crippen LogP) is 1.81. The van der Waals surface area contributed by atoms with Crippen LogP contribution in [0.3, 0.4) is 0 Å². The molecule has 38 heavy (non-hydrogen) atoms. The van der Waals surface area contributed by atoms with Crippen LogP contribution >= 0.6 is 0 Å². The van der Waals surface area contributed by atoms with Gasteiger partial charge in [-0.25, -0.2) is 4.68 Å². The summed E-state index contributed by atoms with van der Waals surface area (Å²) in [6.45, 7) is 2.93. The molecule has 2 aliphatic heterocycles. The largest absolute Gasteiger partial charge is 0.457 e. The minimum atomic E-state index is -0.654. The summed E-state index contributed by atoms with van der Waals surface area (Å²) in [4.78, 5) is 39.7. The lowest BCUT2D eigenvalue weighted by atomic mass is 10.0. The molecule has 0 radical (unpaired) electrons. The van der Waals surface area contributed by atoms with Crippen LogP contribution in [0.4, 0.5) is 5.69 Å². The number of nitrogens with two attached hydrogens (primary N) is 2. The second-order valence-corrected chi connectivity index (χ2v) is 9.12. The van der Waals surface area contributed by atoms with Crippen molar-refractivity contribution in [3.63, 3.8) is 0 Å². The van der Waals surface area contributed by atoms with Gasteiger partial charge in [0.05, 0.1) is 17.4 Å². The van der Waals surface area contributed by atoms with Gasteiger partial charge in [0.2, 0.25) is 11.8 Å². The van der Waals surface area contributed by atoms with Gasteiger partial charge in [-0.2, -0.15) is 5.10 Å². The molecule has 1 aromatic heterocycles. The van der Waals surface area contributed by atoms with Crippen molar-refractivity contribution in [3.05, 3.63) is 78.1 Å². The van der Waals surface area contributed by atoms with Crippen LogP contribution < -0.4 is 21.5 Å². The number of fused-ring (bicyclic) bond motifs is 1. The van der Waals surface area contributed by atoms with Gasteiger partial charge in [0, 0.05) is 44.9 Å². The minimum Gasteiger partial charge on any atom is -0.457 e. The fourth-order valence-corrected chi connectivity index (χ4v) is 4.88. The SMILES string of the molecule is NC(=O)/C=C/C(=O)N1CCN([C@@H]2CCNc3c2nn(-c2ccc(Oc4ccccc4)cc2)c3C(N)=O)CC1. The molecule has 1 atom stereocenters. The standard InChI is InChI=1S/C27H29N7O4/c28-22(35)10-11-23(36)33-16-14-32(15-17-33)21-12-13-30-25-24(21)31-34(26(25)27(29)37)18-6-8-20(9-7-18)38-19-4-2-1-3-5-19/h1-11,21,30H,12-17H2,(H2,28,35)(H2,29,37)/b11-10+/t21-/m1/s1. The van der Waals surface area contributed by atoms with Gasteiger partial charge >= 0.3 is 0 Å². The Morgan fingerprint density at radius 1 is 0.921 bits per heavy atom. The predicted molar refractivity (Wildman–Crippen MR) is 141 cm³/mol. The van der Waals surface area contributed by atoms with E-state index >= 15 is 0 Å². The number of hydrogen-bond acceptors (Lipinski definition) is 7. The van der Waals surface area contributed by atoms with E-state index in [0.29, 0.717) is 55.5 Å². The topological polar surface area (TPSA) is 149 Å². The summed E-state index contributed by atoms with van der Waals surface area (Å²) in [5.74, 6) is -0.0852. The van der Waals surface area contributed by atoms with E-state index in [1.165, 1.54) is 6.08 Å². The molecule has 3 aromatic rings. The molecule has 3 amide bonds. The Bertz CT molecular complexity index is 1360. The molecule has 0 saturated carbocycles. The molecule has 1 saturated heterocycles. The van der Waals surface area contributed by atoms with Crippen molar-refractivity contribution >= 4 is 23.4 Å². The number of para-hydroxylation sites is 1. The number of hydrogen-bond donors (Lipinski definition) is 3. The Morgan fingerprint density at radius 3 is 2.26 bits per heavy atom. The van der Waals surface area contributed by atoms with Crippen molar-refractivity contribution in [2.75, 3.05) is 38.0 Å². The number of ether oxygens (including phenoxy) is 1. The van der Waals surface area contributed by atoms with E-state index < -0.39 is 11.8 Å². The number of amides is 3. The first kappa shape index (κ1) is 25.0. The van der Waals surface area contributed by atoms with E-state index in [2.05, 4.69) is 10.2 Å². The molecule has 3 heterocycles. The zero-order valence-electron chi connectivity index (χ0n) is 20.7. The highest BCUT2D eigenvalue weighted by Crippen LogP contribution is 2.37. The smallest absolute Gasteiger partial charge is 0.269 e. The fourth-order valence-electron chi connectivity index (χ4n) is 4.88. The highest BCUT2D eigenvalue weighted by Gasteiger charge is 2.35. The first-order chi connectivity index (χ1) is 18.4. The number of carbonyl (C=O) groups is 3. The zero-order chi connectivity index (χ0) is 26.6. The Morgan fingerprint density at radius 2 is 1.61 bits per heavy atom. The van der Waals surface area contributed by atoms with Gasteiger partial charge < -0.3 is 26.4 Å². The van der Waals surface area contributed by atoms with Crippen molar-refractivity contribution in [2.45, 2.75) is 12.5 Å². The normalized spacial score (nSPS) is 17.6. The van der Waals surface area contributed by atoms with Crippen molar-refractivity contribution < 1.29 is 19.1 Å². The van der Waals surface area contributed by atoms with Crippen LogP contribution in [0.25, 0.3) is 5.69 Å². The summed E-state index contributed by atoms with van der Waals surface area (Å²) >= 11 is 0. The number of piperazine rings is 1. The number of aromatic nitrogens is 2. The summed E-state index contributed by atoms with van der Waals surface area (Å²) in [7, 11) is 0. The highest BCUT2D eigenvalue weighted by molar-refractivity contribution is 5.98. The Kier molecular flexibility index (Phi) is 7.09. The molecule has 0 spiro atoms. The van der Waals surface area contributed by atoms with Crippen molar-refractivity contribution in [1.82, 2.24) is 19.6 Å². The fraction of sp³-hybridized carbons (Fsp3) is 0.259. The van der Waals surface area contributed by atoms with Gasteiger partial charge in [-0.05, 0) is 42.8 Å². The molecule has 11 nitrogen and oxygen atoms in total. The van der Waals surface area contributed by atoms with Crippen LogP contribution in [0, 0.1) is 0 Å². The average Bonchev–Trinajstić information content (AvgIpc) is 3.33. The molecule has 2 aliphatic rings. The summed E-state index contributed by atoms with van der Waals surface area (Å²) in [5, 5.41) is 8.16. The highest BCUT2D eigenvalue weighted by atomic mass is 16.5. The molecule has 196 valence electrons. The average molecular weight is 516 g/mol. The van der Waals surface area contributed by atoms with Crippen LogP contribution in [-0.2, 0) is 9.59 Å². The van der Waals surface area contributed by atoms with E-state index in [4.69, 9.17) is 21.3 Å². The number of primary amides is 2. The maximum absolute atomic E-state index is 12.5. The summed E-state index contributed by atoms with van der Waals surface area (Å²) in [5.41, 5.74) is 13.3. The maximum Gasteiger partial charge on any atom is 0.269 e. The third kappa shape index (κ3) is 5.23. The van der Waals surface area contributed by atoms with Crippen LogP contribution in [0.15, 0.2) is 66.7 Å². The number of nitrogens with one attached hydrogen (secondary N) is 1. The van der Waals surface area contributed by atoms with Gasteiger partial charge in [0.25, 0.3) is 5.91 Å². The first-order valence-corrected chi connectivity index (χ1v) is 12.4. The zero-order valence-corrected chi connectivity index (χ0v) is 20.7. The molecular formula is C27H29N7O4. The van der Waals surface area contributed by atoms with E-state index in [1.807, 2.05) is 54.6 Å². The van der Waals surface area contributed by atoms with E-state index in [-0.39, 0.29) is 11.9 Å². The lowest BCUT2D eigenvalue weighted by Gasteiger charge is -2.40. The molecule has 1 fully saturated rings. The molecule has 5 rings (SSSR count). The molecule has 0 aliphatic carbocycles. The quantitative estimate of drug-likeness (QED) is 0.406. The maximum atomic E-state index is 12.5. The monoisotopic (exact) mass is 515 g/mol. The first-order valence-electron chi connectivity index (χ1n) is 12.4. The molecular weight excluding hydrogens is 486 g/mol. The summed E-state index contributed by atoms with van der Waals surface area (Å²) in [6.07, 6.45) is 3.07. The number of anilines is 1. The van der Waals surface area contributed by atoms with Gasteiger partial charge in [0.15, 0.2) is 5.69 Å². The molecule has 0 bridgehead atoms. The van der Waals surface area contributed by atoms with Gasteiger partial charge in [0.1, 0.15) is 17.2 Å². The van der Waals surface area contributed by atoms with Gasteiger partial charge in [-0.3, -0.25) is 19.3 Å². The molecule has 11 heteroatoms. The summed E-state index contributed by atoms with van der Waals surface area (Å²) in [6, 6.07) is 16.8. The van der Waals surface area contributed by atoms with Gasteiger partial charge in [-0.15, -0.1) is 0 Å². The lowest BCUT2D eigenvalue weighted by molar-refractivity contribution is -0.128.